The van der Waals surface area contributed by atoms with E-state index in [1.54, 1.807) is 6.92 Å². The van der Waals surface area contributed by atoms with Gasteiger partial charge >= 0.3 is 5.97 Å². The lowest BCUT2D eigenvalue weighted by Gasteiger charge is -2.07. The third-order valence-corrected chi connectivity index (χ3v) is 2.69. The number of nitrogens with zero attached hydrogens (tertiary/aromatic N) is 2. The van der Waals surface area contributed by atoms with E-state index in [0.29, 0.717) is 12.4 Å². The number of nitrogens with one attached hydrogen (secondary N) is 2. The van der Waals surface area contributed by atoms with Crippen molar-refractivity contribution >= 4 is 11.9 Å². The third-order valence-electron chi connectivity index (χ3n) is 2.69. The fourth-order valence-corrected chi connectivity index (χ4v) is 1.66. The van der Waals surface area contributed by atoms with Crippen LogP contribution in [0.25, 0.3) is 11.4 Å². The molecule has 2 aromatic rings. The summed E-state index contributed by atoms with van der Waals surface area (Å²) >= 11 is 0. The van der Waals surface area contributed by atoms with Gasteiger partial charge in [-0.1, -0.05) is 30.3 Å². The van der Waals surface area contributed by atoms with Gasteiger partial charge in [0.25, 0.3) is 5.91 Å². The van der Waals surface area contributed by atoms with Crippen LogP contribution in [0.3, 0.4) is 0 Å². The van der Waals surface area contributed by atoms with Gasteiger partial charge in [-0.25, -0.2) is 15.4 Å². The molecule has 0 saturated carbocycles. The Hall–Kier alpha value is -2.80. The molecule has 1 aromatic carbocycles. The van der Waals surface area contributed by atoms with Crippen molar-refractivity contribution in [2.45, 2.75) is 6.92 Å². The van der Waals surface area contributed by atoms with Gasteiger partial charge in [-0.2, -0.15) is 0 Å². The van der Waals surface area contributed by atoms with E-state index in [1.165, 1.54) is 12.4 Å². The van der Waals surface area contributed by atoms with Crippen LogP contribution in [0.15, 0.2) is 42.7 Å². The number of amides is 1. The second-order valence-electron chi connectivity index (χ2n) is 4.27. The molecule has 0 unspecified atom stereocenters. The Balaban J connectivity index is 1.90. The smallest absolute Gasteiger partial charge is 0.321 e. The number of hydrogen-bond donors (Lipinski definition) is 2. The quantitative estimate of drug-likeness (QED) is 0.609. The summed E-state index contributed by atoms with van der Waals surface area (Å²) < 4.78 is 4.72. The molecule has 1 heterocycles. The predicted molar refractivity (Wildman–Crippen MR) is 79.6 cm³/mol. The fraction of sp³-hybridized carbons (Fsp3) is 0.200. The van der Waals surface area contributed by atoms with Crippen LogP contribution in [0, 0.1) is 0 Å². The monoisotopic (exact) mass is 300 g/mol. The van der Waals surface area contributed by atoms with E-state index in [1.807, 2.05) is 30.3 Å². The van der Waals surface area contributed by atoms with Crippen molar-refractivity contribution in [1.82, 2.24) is 20.8 Å². The summed E-state index contributed by atoms with van der Waals surface area (Å²) in [4.78, 5) is 31.2. The zero-order chi connectivity index (χ0) is 15.8. The maximum Gasteiger partial charge on any atom is 0.321 e. The second-order valence-corrected chi connectivity index (χ2v) is 4.27. The van der Waals surface area contributed by atoms with E-state index < -0.39 is 11.9 Å². The molecule has 2 rings (SSSR count). The van der Waals surface area contributed by atoms with Crippen LogP contribution in [-0.2, 0) is 9.53 Å². The molecule has 22 heavy (non-hydrogen) atoms. The Kier molecular flexibility index (Phi) is 5.56. The van der Waals surface area contributed by atoms with Crippen LogP contribution in [0.1, 0.15) is 17.3 Å². The zero-order valence-electron chi connectivity index (χ0n) is 12.1. The molecule has 0 spiro atoms. The fourth-order valence-electron chi connectivity index (χ4n) is 1.66. The Bertz CT molecular complexity index is 629. The van der Waals surface area contributed by atoms with Crippen molar-refractivity contribution in [2.75, 3.05) is 13.2 Å². The lowest BCUT2D eigenvalue weighted by atomic mass is 10.2. The van der Waals surface area contributed by atoms with E-state index in [2.05, 4.69) is 20.8 Å². The van der Waals surface area contributed by atoms with Crippen LogP contribution in [0.5, 0.6) is 0 Å². The first-order valence-corrected chi connectivity index (χ1v) is 6.77. The molecule has 1 aromatic heterocycles. The summed E-state index contributed by atoms with van der Waals surface area (Å²) in [6.07, 6.45) is 2.85. The van der Waals surface area contributed by atoms with Crippen LogP contribution in [0.4, 0.5) is 0 Å². The highest BCUT2D eigenvalue weighted by Crippen LogP contribution is 2.12. The highest BCUT2D eigenvalue weighted by molar-refractivity contribution is 5.93. The van der Waals surface area contributed by atoms with Gasteiger partial charge in [0, 0.05) is 18.0 Å². The lowest BCUT2D eigenvalue weighted by Crippen LogP contribution is -2.41. The molecule has 114 valence electrons. The highest BCUT2D eigenvalue weighted by atomic mass is 16.5. The SMILES string of the molecule is CCOC(=O)CNNC(=O)c1cnc(-c2ccccc2)nc1. The summed E-state index contributed by atoms with van der Waals surface area (Å²) in [5, 5.41) is 0. The van der Waals surface area contributed by atoms with Gasteiger partial charge < -0.3 is 4.74 Å². The minimum absolute atomic E-state index is 0.109. The minimum Gasteiger partial charge on any atom is -0.465 e. The molecule has 0 aliphatic heterocycles. The van der Waals surface area contributed by atoms with Crippen LogP contribution < -0.4 is 10.9 Å². The molecule has 1 amide bonds. The first kappa shape index (κ1) is 15.6. The Labute approximate surface area is 127 Å². The summed E-state index contributed by atoms with van der Waals surface area (Å²) in [5.41, 5.74) is 6.02. The van der Waals surface area contributed by atoms with Crippen molar-refractivity contribution in [1.29, 1.82) is 0 Å². The Morgan fingerprint density at radius 1 is 1.14 bits per heavy atom. The molecule has 0 aliphatic rings. The molecule has 0 saturated heterocycles. The van der Waals surface area contributed by atoms with Crippen LogP contribution in [-0.4, -0.2) is 35.0 Å². The molecule has 0 radical (unpaired) electrons. The molecule has 0 atom stereocenters. The molecular weight excluding hydrogens is 284 g/mol. The third kappa shape index (κ3) is 4.35. The van der Waals surface area contributed by atoms with Gasteiger partial charge in [0.05, 0.1) is 12.2 Å². The highest BCUT2D eigenvalue weighted by Gasteiger charge is 2.08. The van der Waals surface area contributed by atoms with Gasteiger partial charge in [-0.3, -0.25) is 15.0 Å². The molecule has 7 nitrogen and oxygen atoms in total. The molecule has 2 N–H and O–H groups in total. The van der Waals surface area contributed by atoms with E-state index in [9.17, 15) is 9.59 Å². The molecule has 7 heteroatoms. The summed E-state index contributed by atoms with van der Waals surface area (Å²) in [6.45, 7) is 1.90. The number of hydrazine groups is 1. The summed E-state index contributed by atoms with van der Waals surface area (Å²) in [5.74, 6) is -0.334. The number of hydrogen-bond acceptors (Lipinski definition) is 6. The first-order valence-electron chi connectivity index (χ1n) is 6.77. The number of ether oxygens (including phenoxy) is 1. The van der Waals surface area contributed by atoms with E-state index in [0.717, 1.165) is 5.56 Å². The number of esters is 1. The zero-order valence-corrected chi connectivity index (χ0v) is 12.1. The number of aromatic nitrogens is 2. The largest absolute Gasteiger partial charge is 0.465 e. The van der Waals surface area contributed by atoms with Crippen molar-refractivity contribution in [3.63, 3.8) is 0 Å². The molecule has 0 bridgehead atoms. The van der Waals surface area contributed by atoms with Crippen molar-refractivity contribution < 1.29 is 14.3 Å². The maximum absolute atomic E-state index is 11.8. The predicted octanol–water partition coefficient (Wildman–Crippen LogP) is 0.941. The van der Waals surface area contributed by atoms with Crippen LogP contribution in [0.2, 0.25) is 0 Å². The normalized spacial score (nSPS) is 10.0. The van der Waals surface area contributed by atoms with Gasteiger partial charge in [-0.15, -0.1) is 0 Å². The minimum atomic E-state index is -0.446. The first-order chi connectivity index (χ1) is 10.7. The Morgan fingerprint density at radius 3 is 2.45 bits per heavy atom. The van der Waals surface area contributed by atoms with Crippen molar-refractivity contribution in [2.24, 2.45) is 0 Å². The topological polar surface area (TPSA) is 93.2 Å². The number of carbonyl (C=O) groups excluding carboxylic acids is 2. The number of benzene rings is 1. The number of carbonyl (C=O) groups is 2. The standard InChI is InChI=1S/C15H16N4O3/c1-2-22-13(20)10-18-19-15(21)12-8-16-14(17-9-12)11-6-4-3-5-7-11/h3-9,18H,2,10H2,1H3,(H,19,21). The average Bonchev–Trinajstić information content (AvgIpc) is 2.56. The Morgan fingerprint density at radius 2 is 1.82 bits per heavy atom. The number of rotatable bonds is 6. The van der Waals surface area contributed by atoms with Crippen LogP contribution >= 0.6 is 0 Å². The van der Waals surface area contributed by atoms with E-state index >= 15 is 0 Å². The summed E-state index contributed by atoms with van der Waals surface area (Å²) in [6, 6.07) is 9.45. The van der Waals surface area contributed by atoms with E-state index in [4.69, 9.17) is 4.74 Å². The second kappa shape index (κ2) is 7.84. The molecular formula is C15H16N4O3. The van der Waals surface area contributed by atoms with Crippen molar-refractivity contribution in [3.8, 4) is 11.4 Å². The maximum atomic E-state index is 11.8. The average molecular weight is 300 g/mol. The van der Waals surface area contributed by atoms with E-state index in [-0.39, 0.29) is 12.1 Å². The van der Waals surface area contributed by atoms with Gasteiger partial charge in [0.15, 0.2) is 5.82 Å². The molecule has 0 fully saturated rings. The molecule has 0 aliphatic carbocycles. The summed E-state index contributed by atoms with van der Waals surface area (Å²) in [7, 11) is 0. The van der Waals surface area contributed by atoms with Gasteiger partial charge in [0.1, 0.15) is 6.54 Å². The van der Waals surface area contributed by atoms with Gasteiger partial charge in [-0.05, 0) is 6.92 Å². The van der Waals surface area contributed by atoms with Gasteiger partial charge in [0.2, 0.25) is 0 Å². The van der Waals surface area contributed by atoms with Crippen molar-refractivity contribution in [3.05, 3.63) is 48.3 Å². The lowest BCUT2D eigenvalue weighted by molar-refractivity contribution is -0.142.